The second-order valence-electron chi connectivity index (χ2n) is 6.25. The quantitative estimate of drug-likeness (QED) is 0.755. The normalized spacial score (nSPS) is 15.0. The van der Waals surface area contributed by atoms with Gasteiger partial charge in [0.1, 0.15) is 23.1 Å². The first kappa shape index (κ1) is 15.4. The number of carboxylic acid groups (broad SMARTS) is 1. The van der Waals surface area contributed by atoms with E-state index in [-0.39, 0.29) is 40.8 Å². The predicted octanol–water partition coefficient (Wildman–Crippen LogP) is 2.26. The number of aldehydes is 1. The van der Waals surface area contributed by atoms with Crippen LogP contribution in [0.5, 0.6) is 0 Å². The number of rotatable bonds is 3. The molecular formula is C15H15F2N3O3. The summed E-state index contributed by atoms with van der Waals surface area (Å²) in [5, 5.41) is 11.1. The molecular weight excluding hydrogens is 308 g/mol. The lowest BCUT2D eigenvalue weighted by atomic mass is 10.1. The van der Waals surface area contributed by atoms with Gasteiger partial charge in [-0.2, -0.15) is 0 Å². The molecule has 6 nitrogen and oxygen atoms in total. The second kappa shape index (κ2) is 5.00. The van der Waals surface area contributed by atoms with Crippen molar-refractivity contribution < 1.29 is 23.5 Å². The monoisotopic (exact) mass is 323 g/mol. The van der Waals surface area contributed by atoms with Gasteiger partial charge in [-0.25, -0.2) is 18.6 Å². The maximum atomic E-state index is 14.6. The molecule has 1 unspecified atom stereocenters. The van der Waals surface area contributed by atoms with E-state index in [2.05, 4.69) is 15.3 Å². The number of carbonyl (C=O) groups is 2. The van der Waals surface area contributed by atoms with Gasteiger partial charge in [0.05, 0.1) is 5.54 Å². The van der Waals surface area contributed by atoms with Crippen LogP contribution in [0, 0.1) is 17.6 Å². The second-order valence-corrected chi connectivity index (χ2v) is 6.25. The third-order valence-electron chi connectivity index (χ3n) is 4.16. The van der Waals surface area contributed by atoms with E-state index in [1.54, 1.807) is 0 Å². The summed E-state index contributed by atoms with van der Waals surface area (Å²) in [6.45, 7) is 3.06. The van der Waals surface area contributed by atoms with Crippen molar-refractivity contribution in [1.82, 2.24) is 15.3 Å². The summed E-state index contributed by atoms with van der Waals surface area (Å²) in [7, 11) is 0. The lowest BCUT2D eigenvalue weighted by Gasteiger charge is -2.21. The van der Waals surface area contributed by atoms with Crippen LogP contribution in [0.4, 0.5) is 13.6 Å². The zero-order valence-electron chi connectivity index (χ0n) is 12.5. The minimum absolute atomic E-state index is 0.108. The molecule has 0 saturated carbocycles. The largest absolute Gasteiger partial charge is 0.465 e. The molecule has 23 heavy (non-hydrogen) atoms. The van der Waals surface area contributed by atoms with E-state index in [1.165, 1.54) is 13.8 Å². The molecule has 1 amide bonds. The minimum Gasteiger partial charge on any atom is -0.465 e. The van der Waals surface area contributed by atoms with Gasteiger partial charge in [0.2, 0.25) is 0 Å². The van der Waals surface area contributed by atoms with Crippen molar-refractivity contribution >= 4 is 23.4 Å². The van der Waals surface area contributed by atoms with Gasteiger partial charge >= 0.3 is 6.09 Å². The molecule has 0 fully saturated rings. The van der Waals surface area contributed by atoms with Gasteiger partial charge in [-0.3, -0.25) is 0 Å². The average molecular weight is 323 g/mol. The zero-order chi connectivity index (χ0) is 16.9. The number of amides is 1. The Balaban J connectivity index is 2.16. The van der Waals surface area contributed by atoms with Crippen LogP contribution in [0.1, 0.15) is 30.8 Å². The average Bonchev–Trinajstić information content (AvgIpc) is 3.08. The molecule has 1 aliphatic carbocycles. The number of aromatic amines is 1. The lowest BCUT2D eigenvalue weighted by Crippen LogP contribution is -2.40. The van der Waals surface area contributed by atoms with Crippen molar-refractivity contribution in [3.8, 4) is 0 Å². The van der Waals surface area contributed by atoms with Crippen LogP contribution in [0.25, 0.3) is 11.0 Å². The summed E-state index contributed by atoms with van der Waals surface area (Å²) in [5.74, 6) is -1.60. The number of halogens is 2. The van der Waals surface area contributed by atoms with Gasteiger partial charge in [0.25, 0.3) is 0 Å². The highest BCUT2D eigenvalue weighted by molar-refractivity contribution is 5.80. The number of aromatic nitrogens is 2. The molecule has 2 aromatic rings. The van der Waals surface area contributed by atoms with E-state index in [9.17, 15) is 18.4 Å². The van der Waals surface area contributed by atoms with E-state index in [0.717, 1.165) is 0 Å². The molecule has 1 aliphatic rings. The Morgan fingerprint density at radius 2 is 1.96 bits per heavy atom. The number of nitrogens with zero attached hydrogens (tertiary/aromatic N) is 1. The van der Waals surface area contributed by atoms with Crippen molar-refractivity contribution in [3.63, 3.8) is 0 Å². The Hall–Kier alpha value is -2.51. The highest BCUT2D eigenvalue weighted by Crippen LogP contribution is 2.36. The minimum atomic E-state index is -1.27. The fraction of sp³-hybridized carbons (Fsp3) is 0.400. The fourth-order valence-electron chi connectivity index (χ4n) is 2.99. The molecule has 0 saturated heterocycles. The molecule has 1 heterocycles. The number of hydrogen-bond acceptors (Lipinski definition) is 3. The van der Waals surface area contributed by atoms with Gasteiger partial charge < -0.3 is 20.2 Å². The molecule has 122 valence electrons. The fourth-order valence-corrected chi connectivity index (χ4v) is 2.99. The number of nitrogens with one attached hydrogen (secondary N) is 2. The maximum Gasteiger partial charge on any atom is 0.405 e. The standard InChI is InChI=1S/C15H15F2N3O3/c1-15(2,20-14(22)23)13-18-11-9(16)7-3-6(5-21)4-8(7)10(17)12(11)19-13/h5-6,20H,3-4H2,1-2H3,(H,18,19)(H,22,23). The summed E-state index contributed by atoms with van der Waals surface area (Å²) in [6.07, 6.45) is -0.266. The first-order chi connectivity index (χ1) is 10.7. The van der Waals surface area contributed by atoms with Crippen molar-refractivity contribution in [3.05, 3.63) is 28.6 Å². The Bertz CT molecular complexity index is 780. The number of hydrogen-bond donors (Lipinski definition) is 3. The van der Waals surface area contributed by atoms with Gasteiger partial charge in [0.15, 0.2) is 11.6 Å². The molecule has 8 heteroatoms. The van der Waals surface area contributed by atoms with E-state index in [0.29, 0.717) is 6.29 Å². The Kier molecular flexibility index (Phi) is 3.35. The Morgan fingerprint density at radius 3 is 2.52 bits per heavy atom. The van der Waals surface area contributed by atoms with E-state index < -0.39 is 29.2 Å². The Morgan fingerprint density at radius 1 is 1.35 bits per heavy atom. The predicted molar refractivity (Wildman–Crippen MR) is 77.2 cm³/mol. The van der Waals surface area contributed by atoms with Crippen LogP contribution in [0.2, 0.25) is 0 Å². The van der Waals surface area contributed by atoms with Gasteiger partial charge in [-0.1, -0.05) is 0 Å². The third-order valence-corrected chi connectivity index (χ3v) is 4.16. The summed E-state index contributed by atoms with van der Waals surface area (Å²) in [6, 6.07) is 0. The number of H-pyrrole nitrogens is 1. The summed E-state index contributed by atoms with van der Waals surface area (Å²) in [4.78, 5) is 28.4. The third kappa shape index (κ3) is 2.34. The van der Waals surface area contributed by atoms with Gasteiger partial charge in [-0.05, 0) is 37.8 Å². The lowest BCUT2D eigenvalue weighted by molar-refractivity contribution is -0.110. The SMILES string of the molecule is CC(C)(NC(=O)O)c1nc2c(F)c3c(c(F)c2[nH]1)CC(C=O)C3. The van der Waals surface area contributed by atoms with Crippen LogP contribution in [-0.2, 0) is 23.2 Å². The maximum absolute atomic E-state index is 14.6. The van der Waals surface area contributed by atoms with E-state index >= 15 is 0 Å². The van der Waals surface area contributed by atoms with Crippen molar-refractivity contribution in [1.29, 1.82) is 0 Å². The molecule has 3 N–H and O–H groups in total. The van der Waals surface area contributed by atoms with Crippen LogP contribution in [-0.4, -0.2) is 27.5 Å². The zero-order valence-corrected chi connectivity index (χ0v) is 12.5. The van der Waals surface area contributed by atoms with Crippen molar-refractivity contribution in [2.24, 2.45) is 5.92 Å². The van der Waals surface area contributed by atoms with Gasteiger partial charge in [0, 0.05) is 5.92 Å². The number of imidazole rings is 1. The van der Waals surface area contributed by atoms with Crippen molar-refractivity contribution in [2.75, 3.05) is 0 Å². The molecule has 0 radical (unpaired) electrons. The van der Waals surface area contributed by atoms with Crippen LogP contribution >= 0.6 is 0 Å². The van der Waals surface area contributed by atoms with E-state index in [1.807, 2.05) is 0 Å². The Labute approximate surface area is 129 Å². The van der Waals surface area contributed by atoms with Gasteiger partial charge in [-0.15, -0.1) is 0 Å². The summed E-state index contributed by atoms with van der Waals surface area (Å²) in [5.41, 5.74) is -1.06. The molecule has 0 aliphatic heterocycles. The number of benzene rings is 1. The van der Waals surface area contributed by atoms with Crippen LogP contribution in [0.3, 0.4) is 0 Å². The topological polar surface area (TPSA) is 95.1 Å². The first-order valence-corrected chi connectivity index (χ1v) is 7.10. The molecule has 1 aromatic carbocycles. The first-order valence-electron chi connectivity index (χ1n) is 7.10. The number of carbonyl (C=O) groups excluding carboxylic acids is 1. The highest BCUT2D eigenvalue weighted by atomic mass is 19.1. The molecule has 0 bridgehead atoms. The molecule has 1 aromatic heterocycles. The number of fused-ring (bicyclic) bond motifs is 2. The summed E-state index contributed by atoms with van der Waals surface area (Å²) < 4.78 is 29.3. The van der Waals surface area contributed by atoms with Crippen LogP contribution < -0.4 is 5.32 Å². The van der Waals surface area contributed by atoms with E-state index in [4.69, 9.17) is 5.11 Å². The highest BCUT2D eigenvalue weighted by Gasteiger charge is 2.33. The molecule has 1 atom stereocenters. The smallest absolute Gasteiger partial charge is 0.405 e. The van der Waals surface area contributed by atoms with Crippen LogP contribution in [0.15, 0.2) is 0 Å². The molecule has 3 rings (SSSR count). The van der Waals surface area contributed by atoms with Crippen molar-refractivity contribution in [2.45, 2.75) is 32.2 Å². The molecule has 0 spiro atoms. The summed E-state index contributed by atoms with van der Waals surface area (Å²) >= 11 is 0.